The molecule has 0 saturated heterocycles. The van der Waals surface area contributed by atoms with Crippen molar-refractivity contribution >= 4 is 22.9 Å². The number of pyridine rings is 1. The van der Waals surface area contributed by atoms with Crippen molar-refractivity contribution in [1.29, 1.82) is 5.26 Å². The number of para-hydroxylation sites is 1. The van der Waals surface area contributed by atoms with Crippen molar-refractivity contribution < 1.29 is 14.6 Å². The fraction of sp³-hybridized carbons (Fsp3) is 0.0769. The summed E-state index contributed by atoms with van der Waals surface area (Å²) in [6, 6.07) is 22.6. The lowest BCUT2D eigenvalue weighted by molar-refractivity contribution is -0.123. The number of nitriles is 1. The Morgan fingerprint density at radius 1 is 1.09 bits per heavy atom. The highest BCUT2D eigenvalue weighted by atomic mass is 16.5. The number of aromatic nitrogens is 1. The van der Waals surface area contributed by atoms with Gasteiger partial charge in [0, 0.05) is 10.8 Å². The van der Waals surface area contributed by atoms with Crippen LogP contribution in [0.5, 0.6) is 11.6 Å². The molecule has 1 heterocycles. The molecule has 1 amide bonds. The molecule has 4 aromatic rings. The molecule has 3 aromatic carbocycles. The largest absolute Gasteiger partial charge is 0.494 e. The minimum atomic E-state index is -0.556. The van der Waals surface area contributed by atoms with E-state index in [9.17, 15) is 14.7 Å². The number of nitrogens with one attached hydrogen (secondary N) is 1. The van der Waals surface area contributed by atoms with Gasteiger partial charge in [-0.15, -0.1) is 0 Å². The number of carbonyl (C=O) groups excluding carboxylic acids is 1. The number of ether oxygens (including phenoxy) is 1. The average Bonchev–Trinajstić information content (AvgIpc) is 2.86. The molecule has 0 spiro atoms. The number of hydrazone groups is 1. The van der Waals surface area contributed by atoms with Gasteiger partial charge in [0.25, 0.3) is 11.5 Å². The third-order valence-electron chi connectivity index (χ3n) is 5.14. The summed E-state index contributed by atoms with van der Waals surface area (Å²) in [5, 5.41) is 24.9. The number of benzene rings is 3. The van der Waals surface area contributed by atoms with Gasteiger partial charge in [-0.05, 0) is 37.3 Å². The first kappa shape index (κ1) is 22.3. The zero-order valence-corrected chi connectivity index (χ0v) is 18.2. The Morgan fingerprint density at radius 3 is 2.50 bits per heavy atom. The lowest BCUT2D eigenvalue weighted by Crippen LogP contribution is -2.25. The quantitative estimate of drug-likeness (QED) is 0.344. The first-order valence-corrected chi connectivity index (χ1v) is 10.4. The minimum Gasteiger partial charge on any atom is -0.494 e. The predicted molar refractivity (Wildman–Crippen MR) is 128 cm³/mol. The summed E-state index contributed by atoms with van der Waals surface area (Å²) in [6.45, 7) is 1.57. The summed E-state index contributed by atoms with van der Waals surface area (Å²) in [5.41, 5.74) is 4.06. The summed E-state index contributed by atoms with van der Waals surface area (Å²) in [4.78, 5) is 25.3. The Hall–Kier alpha value is -4.90. The summed E-state index contributed by atoms with van der Waals surface area (Å²) in [7, 11) is 0. The summed E-state index contributed by atoms with van der Waals surface area (Å²) >= 11 is 0. The van der Waals surface area contributed by atoms with Crippen LogP contribution in [0.3, 0.4) is 0 Å². The third-order valence-corrected chi connectivity index (χ3v) is 5.14. The van der Waals surface area contributed by atoms with E-state index >= 15 is 0 Å². The molecular formula is C26H20N4O4. The zero-order valence-electron chi connectivity index (χ0n) is 18.2. The number of hydrogen-bond acceptors (Lipinski definition) is 6. The average molecular weight is 452 g/mol. The van der Waals surface area contributed by atoms with Gasteiger partial charge in [-0.2, -0.15) is 10.4 Å². The SMILES string of the molecule is Cc1ccc(-n2c(O)c(/C=N/NC(=O)COc3ccccc3C#N)c3ccccc3c2=O)cc1. The summed E-state index contributed by atoms with van der Waals surface area (Å²) in [6.07, 6.45) is 1.28. The molecule has 0 aliphatic heterocycles. The number of aryl methyl sites for hydroxylation is 1. The van der Waals surface area contributed by atoms with Crippen molar-refractivity contribution in [3.63, 3.8) is 0 Å². The van der Waals surface area contributed by atoms with Gasteiger partial charge in [0.1, 0.15) is 11.8 Å². The van der Waals surface area contributed by atoms with E-state index in [0.29, 0.717) is 22.0 Å². The van der Waals surface area contributed by atoms with Crippen molar-refractivity contribution in [1.82, 2.24) is 9.99 Å². The van der Waals surface area contributed by atoms with Crippen molar-refractivity contribution in [2.45, 2.75) is 6.92 Å². The molecule has 0 atom stereocenters. The summed E-state index contributed by atoms with van der Waals surface area (Å²) in [5.74, 6) is -0.567. The van der Waals surface area contributed by atoms with Crippen LogP contribution >= 0.6 is 0 Å². The van der Waals surface area contributed by atoms with E-state index in [1.54, 1.807) is 60.7 Å². The van der Waals surface area contributed by atoms with Crippen LogP contribution in [-0.4, -0.2) is 28.4 Å². The number of nitrogens with zero attached hydrogens (tertiary/aromatic N) is 3. The Labute approximate surface area is 195 Å². The maximum atomic E-state index is 13.1. The van der Waals surface area contributed by atoms with Crippen LogP contribution in [0.4, 0.5) is 0 Å². The zero-order chi connectivity index (χ0) is 24.1. The van der Waals surface area contributed by atoms with Crippen molar-refractivity contribution in [2.24, 2.45) is 5.10 Å². The van der Waals surface area contributed by atoms with E-state index in [1.165, 1.54) is 10.8 Å². The van der Waals surface area contributed by atoms with Crippen molar-refractivity contribution in [3.05, 3.63) is 99.8 Å². The van der Waals surface area contributed by atoms with Gasteiger partial charge in [0.2, 0.25) is 5.88 Å². The van der Waals surface area contributed by atoms with Crippen LogP contribution in [0.15, 0.2) is 82.7 Å². The fourth-order valence-electron chi connectivity index (χ4n) is 3.45. The first-order valence-electron chi connectivity index (χ1n) is 10.4. The molecule has 2 N–H and O–H groups in total. The van der Waals surface area contributed by atoms with Gasteiger partial charge in [0.15, 0.2) is 6.61 Å². The van der Waals surface area contributed by atoms with E-state index in [2.05, 4.69) is 10.5 Å². The van der Waals surface area contributed by atoms with Crippen LogP contribution in [0, 0.1) is 18.3 Å². The standard InChI is InChI=1S/C26H20N4O4/c1-17-10-12-19(13-11-17)30-25(32)21-8-4-3-7-20(21)22(26(30)33)15-28-29-24(31)16-34-23-9-5-2-6-18(23)14-27/h2-13,15,33H,16H2,1H3,(H,29,31)/b28-15+. The van der Waals surface area contributed by atoms with E-state index in [-0.39, 0.29) is 29.4 Å². The molecule has 0 saturated carbocycles. The van der Waals surface area contributed by atoms with Crippen LogP contribution in [0.1, 0.15) is 16.7 Å². The number of amides is 1. The molecule has 1 aromatic heterocycles. The topological polar surface area (TPSA) is 117 Å². The van der Waals surface area contributed by atoms with Gasteiger partial charge < -0.3 is 9.84 Å². The van der Waals surface area contributed by atoms with Gasteiger partial charge in [-0.25, -0.2) is 9.99 Å². The molecule has 8 heteroatoms. The highest BCUT2D eigenvalue weighted by molar-refractivity contribution is 6.02. The third kappa shape index (κ3) is 4.49. The second kappa shape index (κ2) is 9.71. The van der Waals surface area contributed by atoms with Crippen LogP contribution in [0.2, 0.25) is 0 Å². The molecule has 0 aliphatic rings. The molecule has 4 rings (SSSR count). The molecule has 168 valence electrons. The van der Waals surface area contributed by atoms with Gasteiger partial charge in [0.05, 0.1) is 23.0 Å². The Kier molecular flexibility index (Phi) is 6.37. The Balaban J connectivity index is 1.61. The van der Waals surface area contributed by atoms with Gasteiger partial charge in [-0.3, -0.25) is 9.59 Å². The van der Waals surface area contributed by atoms with Crippen LogP contribution in [-0.2, 0) is 4.79 Å². The minimum absolute atomic E-state index is 0.270. The molecule has 0 aliphatic carbocycles. The number of carbonyl (C=O) groups is 1. The molecule has 0 radical (unpaired) electrons. The van der Waals surface area contributed by atoms with Crippen molar-refractivity contribution in [2.75, 3.05) is 6.61 Å². The van der Waals surface area contributed by atoms with Crippen molar-refractivity contribution in [3.8, 4) is 23.4 Å². The maximum absolute atomic E-state index is 13.1. The highest BCUT2D eigenvalue weighted by Gasteiger charge is 2.16. The summed E-state index contributed by atoms with van der Waals surface area (Å²) < 4.78 is 6.59. The highest BCUT2D eigenvalue weighted by Crippen LogP contribution is 2.26. The van der Waals surface area contributed by atoms with E-state index in [1.807, 2.05) is 25.1 Å². The fourth-order valence-corrected chi connectivity index (χ4v) is 3.45. The molecule has 0 bridgehead atoms. The van der Waals surface area contributed by atoms with E-state index in [0.717, 1.165) is 5.56 Å². The number of aromatic hydroxyl groups is 1. The van der Waals surface area contributed by atoms with Crippen LogP contribution in [0.25, 0.3) is 16.5 Å². The lowest BCUT2D eigenvalue weighted by Gasteiger charge is -2.14. The lowest BCUT2D eigenvalue weighted by atomic mass is 10.1. The number of hydrogen-bond donors (Lipinski definition) is 2. The smallest absolute Gasteiger partial charge is 0.277 e. The monoisotopic (exact) mass is 452 g/mol. The molecular weight excluding hydrogens is 432 g/mol. The second-order valence-electron chi connectivity index (χ2n) is 7.45. The Morgan fingerprint density at radius 2 is 1.76 bits per heavy atom. The number of rotatable bonds is 6. The van der Waals surface area contributed by atoms with Gasteiger partial charge >= 0.3 is 0 Å². The Bertz CT molecular complexity index is 1500. The van der Waals surface area contributed by atoms with Gasteiger partial charge in [-0.1, -0.05) is 48.0 Å². The van der Waals surface area contributed by atoms with E-state index < -0.39 is 5.91 Å². The predicted octanol–water partition coefficient (Wildman–Crippen LogP) is 3.41. The molecule has 8 nitrogen and oxygen atoms in total. The van der Waals surface area contributed by atoms with E-state index in [4.69, 9.17) is 10.00 Å². The van der Waals surface area contributed by atoms with Crippen LogP contribution < -0.4 is 15.7 Å². The maximum Gasteiger partial charge on any atom is 0.277 e. The molecule has 0 fully saturated rings. The molecule has 34 heavy (non-hydrogen) atoms. The molecule has 0 unspecified atom stereocenters. The first-order chi connectivity index (χ1) is 16.5. The number of fused-ring (bicyclic) bond motifs is 1. The normalized spacial score (nSPS) is 10.8. The second-order valence-corrected chi connectivity index (χ2v) is 7.45.